The number of rotatable bonds is 14. The number of carboxylic acid groups (broad SMARTS) is 1. The van der Waals surface area contributed by atoms with Crippen molar-refractivity contribution in [3.05, 3.63) is 0 Å². The normalized spacial score (nSPS) is 13.6. The molecular weight excluding hydrogens is 376 g/mol. The van der Waals surface area contributed by atoms with Gasteiger partial charge in [-0.2, -0.15) is 0 Å². The van der Waals surface area contributed by atoms with E-state index >= 15 is 0 Å². The van der Waals surface area contributed by atoms with Gasteiger partial charge in [-0.25, -0.2) is 4.79 Å². The second kappa shape index (κ2) is 12.2. The van der Waals surface area contributed by atoms with Crippen LogP contribution in [0.5, 0.6) is 0 Å². The van der Waals surface area contributed by atoms with Gasteiger partial charge in [-0.3, -0.25) is 24.0 Å². The Morgan fingerprint density at radius 2 is 1.07 bits per heavy atom. The summed E-state index contributed by atoms with van der Waals surface area (Å²) in [7, 11) is 0. The maximum absolute atomic E-state index is 12.4. The lowest BCUT2D eigenvalue weighted by molar-refractivity contribution is -0.142. The summed E-state index contributed by atoms with van der Waals surface area (Å²) in [5, 5.41) is 13.6. The molecule has 5 amide bonds. The number of nitrogens with one attached hydrogen (secondary N) is 2. The quantitative estimate of drug-likeness (QED) is 0.151. The summed E-state index contributed by atoms with van der Waals surface area (Å²) in [4.78, 5) is 68.2. The lowest BCUT2D eigenvalue weighted by Crippen LogP contribution is -2.54. The molecule has 13 heteroatoms. The zero-order valence-electron chi connectivity index (χ0n) is 15.2. The third kappa shape index (κ3) is 10.7. The summed E-state index contributed by atoms with van der Waals surface area (Å²) in [5.74, 6) is -5.27. The lowest BCUT2D eigenvalue weighted by Gasteiger charge is -2.22. The number of carbonyl (C=O) groups is 6. The zero-order valence-corrected chi connectivity index (χ0v) is 15.2. The highest BCUT2D eigenvalue weighted by molar-refractivity contribution is 5.92. The number of hydrogen-bond donors (Lipinski definition) is 7. The van der Waals surface area contributed by atoms with Crippen molar-refractivity contribution in [2.45, 2.75) is 56.7 Å². The van der Waals surface area contributed by atoms with E-state index in [0.717, 1.165) is 0 Å². The van der Waals surface area contributed by atoms with Crippen LogP contribution in [0.3, 0.4) is 0 Å². The van der Waals surface area contributed by atoms with Crippen LogP contribution in [0.2, 0.25) is 0 Å². The largest absolute Gasteiger partial charge is 0.480 e. The monoisotopic (exact) mass is 402 g/mol. The minimum Gasteiger partial charge on any atom is -0.480 e. The molecule has 0 spiro atoms. The fourth-order valence-corrected chi connectivity index (χ4v) is 2.08. The first-order valence-electron chi connectivity index (χ1n) is 8.38. The predicted molar refractivity (Wildman–Crippen MR) is 94.8 cm³/mol. The Bertz CT molecular complexity index is 624. The van der Waals surface area contributed by atoms with Crippen LogP contribution in [0.25, 0.3) is 0 Å². The Balaban J connectivity index is 5.08. The van der Waals surface area contributed by atoms with Crippen LogP contribution < -0.4 is 33.6 Å². The van der Waals surface area contributed by atoms with E-state index < -0.39 is 53.6 Å². The van der Waals surface area contributed by atoms with E-state index in [1.165, 1.54) is 0 Å². The molecule has 0 saturated carbocycles. The Morgan fingerprint density at radius 3 is 1.50 bits per heavy atom. The van der Waals surface area contributed by atoms with E-state index in [0.29, 0.717) is 0 Å². The van der Waals surface area contributed by atoms with Crippen LogP contribution in [-0.4, -0.2) is 58.7 Å². The Morgan fingerprint density at radius 1 is 0.679 bits per heavy atom. The molecule has 0 saturated heterocycles. The van der Waals surface area contributed by atoms with Crippen molar-refractivity contribution in [3.8, 4) is 0 Å². The fraction of sp³-hybridized carbons (Fsp3) is 0.600. The summed E-state index contributed by atoms with van der Waals surface area (Å²) >= 11 is 0. The van der Waals surface area contributed by atoms with Crippen molar-refractivity contribution in [1.82, 2.24) is 10.6 Å². The summed E-state index contributed by atoms with van der Waals surface area (Å²) in [6, 6.07) is -3.90. The van der Waals surface area contributed by atoms with Crippen molar-refractivity contribution in [3.63, 3.8) is 0 Å². The van der Waals surface area contributed by atoms with E-state index in [1.54, 1.807) is 0 Å². The zero-order chi connectivity index (χ0) is 21.9. The van der Waals surface area contributed by atoms with Gasteiger partial charge in [-0.1, -0.05) is 0 Å². The number of amides is 5. The number of carboxylic acids is 1. The first-order valence-corrected chi connectivity index (χ1v) is 8.38. The van der Waals surface area contributed by atoms with Gasteiger partial charge in [0.05, 0.1) is 6.04 Å². The topological polar surface area (TPSA) is 251 Å². The maximum atomic E-state index is 12.4. The molecule has 0 aliphatic heterocycles. The van der Waals surface area contributed by atoms with Crippen molar-refractivity contribution in [1.29, 1.82) is 0 Å². The van der Waals surface area contributed by atoms with Gasteiger partial charge in [-0.05, 0) is 19.3 Å². The van der Waals surface area contributed by atoms with Crippen LogP contribution in [0.15, 0.2) is 0 Å². The van der Waals surface area contributed by atoms with Crippen LogP contribution >= 0.6 is 0 Å². The molecule has 0 aliphatic rings. The summed E-state index contributed by atoms with van der Waals surface area (Å²) < 4.78 is 0. The van der Waals surface area contributed by atoms with E-state index in [9.17, 15) is 28.8 Å². The molecule has 11 N–H and O–H groups in total. The molecule has 0 aromatic heterocycles. The average Bonchev–Trinajstić information content (AvgIpc) is 2.58. The second-order valence-electron chi connectivity index (χ2n) is 6.08. The van der Waals surface area contributed by atoms with Crippen LogP contribution in [0.4, 0.5) is 0 Å². The summed E-state index contributed by atoms with van der Waals surface area (Å²) in [6.07, 6.45) is -1.24. The van der Waals surface area contributed by atoms with Crippen molar-refractivity contribution in [2.75, 3.05) is 0 Å². The van der Waals surface area contributed by atoms with Gasteiger partial charge < -0.3 is 38.7 Å². The van der Waals surface area contributed by atoms with Gasteiger partial charge >= 0.3 is 5.97 Å². The number of hydrogen-bond acceptors (Lipinski definition) is 7. The third-order valence-corrected chi connectivity index (χ3v) is 3.64. The smallest absolute Gasteiger partial charge is 0.326 e. The van der Waals surface area contributed by atoms with E-state index in [2.05, 4.69) is 10.6 Å². The third-order valence-electron chi connectivity index (χ3n) is 3.64. The SMILES string of the molecule is NC(=O)CC[C@H](NC(=O)[C@H](CCC(N)=O)NC(=O)[C@@H](N)CCC(N)=O)C(=O)O. The number of carbonyl (C=O) groups excluding carboxylic acids is 5. The molecule has 158 valence electrons. The summed E-state index contributed by atoms with van der Waals surface area (Å²) in [6.45, 7) is 0. The molecule has 0 unspecified atom stereocenters. The van der Waals surface area contributed by atoms with Crippen LogP contribution in [-0.2, 0) is 28.8 Å². The van der Waals surface area contributed by atoms with Gasteiger partial charge in [0, 0.05) is 19.3 Å². The minimum atomic E-state index is -1.43. The molecule has 0 aromatic rings. The fourth-order valence-electron chi connectivity index (χ4n) is 2.08. The highest BCUT2D eigenvalue weighted by atomic mass is 16.4. The molecule has 0 bridgehead atoms. The molecule has 28 heavy (non-hydrogen) atoms. The molecule has 0 rings (SSSR count). The molecule has 0 aromatic carbocycles. The second-order valence-corrected chi connectivity index (χ2v) is 6.08. The van der Waals surface area contributed by atoms with Crippen molar-refractivity contribution < 1.29 is 33.9 Å². The molecule has 0 fully saturated rings. The summed E-state index contributed by atoms with van der Waals surface area (Å²) in [5.41, 5.74) is 20.6. The van der Waals surface area contributed by atoms with Gasteiger partial charge in [-0.15, -0.1) is 0 Å². The van der Waals surface area contributed by atoms with E-state index in [1.807, 2.05) is 0 Å². The lowest BCUT2D eigenvalue weighted by atomic mass is 10.1. The average molecular weight is 402 g/mol. The number of primary amides is 3. The number of aliphatic carboxylic acids is 1. The Hall–Kier alpha value is -3.22. The highest BCUT2D eigenvalue weighted by Crippen LogP contribution is 2.04. The van der Waals surface area contributed by atoms with Gasteiger partial charge in [0.1, 0.15) is 12.1 Å². The first-order chi connectivity index (χ1) is 12.9. The maximum Gasteiger partial charge on any atom is 0.326 e. The molecule has 13 nitrogen and oxygen atoms in total. The minimum absolute atomic E-state index is 0.0678. The molecule has 0 radical (unpaired) electrons. The predicted octanol–water partition coefficient (Wildman–Crippen LogP) is -3.84. The standard InChI is InChI=1S/C15H26N6O7/c16-7(1-4-10(17)22)13(25)20-8(2-5-11(18)23)14(26)21-9(15(27)28)3-6-12(19)24/h7-9H,1-6,16H2,(H2,17,22)(H2,18,23)(H2,19,24)(H,20,25)(H,21,26)(H,27,28)/t7-,8-,9-/m0/s1. The number of nitrogens with two attached hydrogens (primary N) is 4. The molecule has 0 heterocycles. The van der Waals surface area contributed by atoms with E-state index in [4.69, 9.17) is 28.0 Å². The Kier molecular flexibility index (Phi) is 10.8. The first kappa shape index (κ1) is 24.8. The molecule has 0 aliphatic carbocycles. The molecular formula is C15H26N6O7. The highest BCUT2D eigenvalue weighted by Gasteiger charge is 2.28. The van der Waals surface area contributed by atoms with Crippen molar-refractivity contribution in [2.24, 2.45) is 22.9 Å². The van der Waals surface area contributed by atoms with Crippen LogP contribution in [0, 0.1) is 0 Å². The Labute approximate surface area is 160 Å². The van der Waals surface area contributed by atoms with Gasteiger partial charge in [0.15, 0.2) is 0 Å². The van der Waals surface area contributed by atoms with Gasteiger partial charge in [0.2, 0.25) is 29.5 Å². The molecule has 3 atom stereocenters. The van der Waals surface area contributed by atoms with Gasteiger partial charge in [0.25, 0.3) is 0 Å². The van der Waals surface area contributed by atoms with Crippen molar-refractivity contribution >= 4 is 35.5 Å². The van der Waals surface area contributed by atoms with Crippen LogP contribution in [0.1, 0.15) is 38.5 Å². The van der Waals surface area contributed by atoms with E-state index in [-0.39, 0.29) is 38.5 Å².